The van der Waals surface area contributed by atoms with Crippen molar-refractivity contribution in [2.24, 2.45) is 0 Å². The van der Waals surface area contributed by atoms with Gasteiger partial charge in [-0.2, -0.15) is 4.68 Å². The van der Waals surface area contributed by atoms with Gasteiger partial charge in [-0.15, -0.1) is 5.10 Å². The van der Waals surface area contributed by atoms with Crippen molar-refractivity contribution in [2.45, 2.75) is 20.4 Å². The molecule has 0 bridgehead atoms. The molecule has 0 aromatic carbocycles. The van der Waals surface area contributed by atoms with Crippen molar-refractivity contribution in [2.75, 3.05) is 13.1 Å². The third-order valence-corrected chi connectivity index (χ3v) is 2.74. The second kappa shape index (κ2) is 5.55. The number of carbonyl (C=O) groups excluding carboxylic acids is 1. The summed E-state index contributed by atoms with van der Waals surface area (Å²) >= 11 is 0. The molecule has 7 nitrogen and oxygen atoms in total. The van der Waals surface area contributed by atoms with Gasteiger partial charge in [0.2, 0.25) is 5.91 Å². The van der Waals surface area contributed by atoms with Crippen LogP contribution in [-0.2, 0) is 11.3 Å². The van der Waals surface area contributed by atoms with E-state index in [1.54, 1.807) is 17.0 Å². The highest BCUT2D eigenvalue weighted by molar-refractivity contribution is 5.75. The number of hydrogen-bond donors (Lipinski definition) is 0. The molecule has 0 radical (unpaired) electrons. The highest BCUT2D eigenvalue weighted by atomic mass is 16.4. The minimum atomic E-state index is -0.674. The van der Waals surface area contributed by atoms with E-state index in [1.165, 1.54) is 6.26 Å². The molecule has 2 aromatic rings. The zero-order valence-electron chi connectivity index (χ0n) is 10.8. The van der Waals surface area contributed by atoms with E-state index in [1.807, 2.05) is 13.8 Å². The van der Waals surface area contributed by atoms with Gasteiger partial charge in [-0.25, -0.2) is 4.79 Å². The van der Waals surface area contributed by atoms with E-state index in [2.05, 4.69) is 5.10 Å². The van der Waals surface area contributed by atoms with Crippen molar-refractivity contribution >= 4 is 5.91 Å². The normalized spacial score (nSPS) is 10.6. The second-order valence-electron chi connectivity index (χ2n) is 3.87. The number of amides is 1. The highest BCUT2D eigenvalue weighted by Gasteiger charge is 2.17. The monoisotopic (exact) mass is 265 g/mol. The maximum absolute atomic E-state index is 11.9. The van der Waals surface area contributed by atoms with E-state index in [0.717, 1.165) is 4.68 Å². The SMILES string of the molecule is CCN(CC)C(=O)Cn1nc(-c2ccco2)oc1=O. The average Bonchev–Trinajstić information content (AvgIpc) is 3.01. The van der Waals surface area contributed by atoms with Crippen LogP contribution in [0.15, 0.2) is 32.0 Å². The minimum absolute atomic E-state index is 0.0716. The molecule has 1 amide bonds. The molecular weight excluding hydrogens is 250 g/mol. The van der Waals surface area contributed by atoms with Crippen LogP contribution < -0.4 is 5.76 Å². The van der Waals surface area contributed by atoms with Crippen LogP contribution in [-0.4, -0.2) is 33.7 Å². The van der Waals surface area contributed by atoms with Gasteiger partial charge in [-0.1, -0.05) is 0 Å². The molecule has 0 N–H and O–H groups in total. The fourth-order valence-electron chi connectivity index (χ4n) is 1.71. The van der Waals surface area contributed by atoms with Crippen LogP contribution >= 0.6 is 0 Å². The molecular formula is C12H15N3O4. The van der Waals surface area contributed by atoms with Crippen LogP contribution in [0.25, 0.3) is 11.7 Å². The fraction of sp³-hybridized carbons (Fsp3) is 0.417. The number of hydrogen-bond acceptors (Lipinski definition) is 5. The molecule has 0 fully saturated rings. The third-order valence-electron chi connectivity index (χ3n) is 2.74. The first-order valence-electron chi connectivity index (χ1n) is 6.05. The van der Waals surface area contributed by atoms with Crippen molar-refractivity contribution in [1.29, 1.82) is 0 Å². The van der Waals surface area contributed by atoms with Gasteiger partial charge >= 0.3 is 5.76 Å². The Morgan fingerprint density at radius 3 is 2.74 bits per heavy atom. The van der Waals surface area contributed by atoms with Crippen LogP contribution in [0.1, 0.15) is 13.8 Å². The lowest BCUT2D eigenvalue weighted by Gasteiger charge is -2.17. The number of aromatic nitrogens is 2. The Hall–Kier alpha value is -2.31. The smallest absolute Gasteiger partial charge is 0.437 e. The summed E-state index contributed by atoms with van der Waals surface area (Å²) in [5, 5.41) is 3.94. The first-order chi connectivity index (χ1) is 9.15. The van der Waals surface area contributed by atoms with Crippen molar-refractivity contribution in [3.05, 3.63) is 28.9 Å². The summed E-state index contributed by atoms with van der Waals surface area (Å²) in [5.41, 5.74) is 0. The predicted octanol–water partition coefficient (Wildman–Crippen LogP) is 0.965. The summed E-state index contributed by atoms with van der Waals surface area (Å²) in [5.74, 6) is -0.424. The highest BCUT2D eigenvalue weighted by Crippen LogP contribution is 2.14. The molecule has 0 aliphatic heterocycles. The first kappa shape index (κ1) is 13.1. The van der Waals surface area contributed by atoms with Crippen LogP contribution in [0.4, 0.5) is 0 Å². The molecule has 7 heteroatoms. The van der Waals surface area contributed by atoms with Crippen molar-refractivity contribution in [3.63, 3.8) is 0 Å². The predicted molar refractivity (Wildman–Crippen MR) is 66.4 cm³/mol. The van der Waals surface area contributed by atoms with Crippen LogP contribution in [0.2, 0.25) is 0 Å². The quantitative estimate of drug-likeness (QED) is 0.804. The van der Waals surface area contributed by atoms with Gasteiger partial charge in [0.25, 0.3) is 5.89 Å². The maximum atomic E-state index is 11.9. The molecule has 2 rings (SSSR count). The molecule has 19 heavy (non-hydrogen) atoms. The van der Waals surface area contributed by atoms with Crippen molar-refractivity contribution < 1.29 is 13.6 Å². The largest absolute Gasteiger partial charge is 0.459 e. The summed E-state index contributed by atoms with van der Waals surface area (Å²) in [6.45, 7) is 4.80. The van der Waals surface area contributed by atoms with E-state index in [4.69, 9.17) is 8.83 Å². The van der Waals surface area contributed by atoms with Gasteiger partial charge in [0.15, 0.2) is 5.76 Å². The zero-order chi connectivity index (χ0) is 13.8. The van der Waals surface area contributed by atoms with E-state index >= 15 is 0 Å². The molecule has 0 aliphatic rings. The number of rotatable bonds is 5. The Bertz CT molecular complexity index is 593. The van der Waals surface area contributed by atoms with Gasteiger partial charge in [0.1, 0.15) is 6.54 Å². The molecule has 0 unspecified atom stereocenters. The van der Waals surface area contributed by atoms with E-state index < -0.39 is 5.76 Å². The van der Waals surface area contributed by atoms with Crippen LogP contribution in [0.5, 0.6) is 0 Å². The average molecular weight is 265 g/mol. The van der Waals surface area contributed by atoms with Crippen LogP contribution in [0, 0.1) is 0 Å². The van der Waals surface area contributed by atoms with E-state index in [0.29, 0.717) is 18.8 Å². The number of carbonyl (C=O) groups is 1. The summed E-state index contributed by atoms with van der Waals surface area (Å²) in [7, 11) is 0. The molecule has 0 saturated heterocycles. The maximum Gasteiger partial charge on any atom is 0.437 e. The Morgan fingerprint density at radius 2 is 2.16 bits per heavy atom. The Balaban J connectivity index is 2.18. The van der Waals surface area contributed by atoms with Gasteiger partial charge in [0.05, 0.1) is 6.26 Å². The standard InChI is InChI=1S/C12H15N3O4/c1-3-14(4-2)10(16)8-15-12(17)19-11(13-15)9-6-5-7-18-9/h5-7H,3-4,8H2,1-2H3. The summed E-state index contributed by atoms with van der Waals surface area (Å²) < 4.78 is 11.0. The molecule has 0 saturated carbocycles. The van der Waals surface area contributed by atoms with Crippen molar-refractivity contribution in [1.82, 2.24) is 14.7 Å². The lowest BCUT2D eigenvalue weighted by atomic mass is 10.4. The third kappa shape index (κ3) is 2.75. The minimum Gasteiger partial charge on any atom is -0.459 e. The topological polar surface area (TPSA) is 81.5 Å². The van der Waals surface area contributed by atoms with Gasteiger partial charge in [-0.05, 0) is 26.0 Å². The van der Waals surface area contributed by atoms with Gasteiger partial charge in [0, 0.05) is 13.1 Å². The van der Waals surface area contributed by atoms with Crippen LogP contribution in [0.3, 0.4) is 0 Å². The summed E-state index contributed by atoms with van der Waals surface area (Å²) in [6, 6.07) is 3.29. The van der Waals surface area contributed by atoms with Gasteiger partial charge < -0.3 is 13.7 Å². The molecule has 2 heterocycles. The number of nitrogens with zero attached hydrogens (tertiary/aromatic N) is 3. The number of furan rings is 1. The lowest BCUT2D eigenvalue weighted by Crippen LogP contribution is -2.35. The molecule has 102 valence electrons. The first-order valence-corrected chi connectivity index (χ1v) is 6.05. The Morgan fingerprint density at radius 1 is 1.42 bits per heavy atom. The van der Waals surface area contributed by atoms with Gasteiger partial charge in [-0.3, -0.25) is 4.79 Å². The second-order valence-corrected chi connectivity index (χ2v) is 3.87. The Kier molecular flexibility index (Phi) is 3.84. The Labute approximate surface area is 109 Å². The molecule has 0 atom stereocenters. The van der Waals surface area contributed by atoms with E-state index in [-0.39, 0.29) is 18.3 Å². The molecule has 0 spiro atoms. The van der Waals surface area contributed by atoms with Crippen molar-refractivity contribution in [3.8, 4) is 11.7 Å². The summed E-state index contributed by atoms with van der Waals surface area (Å²) in [6.07, 6.45) is 1.45. The summed E-state index contributed by atoms with van der Waals surface area (Å²) in [4.78, 5) is 25.1. The molecule has 2 aromatic heterocycles. The van der Waals surface area contributed by atoms with E-state index in [9.17, 15) is 9.59 Å². The lowest BCUT2D eigenvalue weighted by molar-refractivity contribution is -0.131. The fourth-order valence-corrected chi connectivity index (χ4v) is 1.71. The number of likely N-dealkylation sites (N-methyl/N-ethyl adjacent to an activating group) is 1. The zero-order valence-corrected chi connectivity index (χ0v) is 10.8. The molecule has 0 aliphatic carbocycles.